The Kier molecular flexibility index (Phi) is 4.14. The molecule has 2 aromatic carbocycles. The molecule has 130 valence electrons. The van der Waals surface area contributed by atoms with Gasteiger partial charge < -0.3 is 9.30 Å². The van der Waals surface area contributed by atoms with Gasteiger partial charge in [-0.1, -0.05) is 12.1 Å². The lowest BCUT2D eigenvalue weighted by molar-refractivity contribution is 0.0492. The zero-order valence-electron chi connectivity index (χ0n) is 14.1. The number of aromatic nitrogens is 6. The maximum absolute atomic E-state index is 12.2. The highest BCUT2D eigenvalue weighted by molar-refractivity contribution is 5.89. The number of ether oxygens (including phenoxy) is 1. The van der Waals surface area contributed by atoms with E-state index in [0.717, 1.165) is 22.5 Å². The van der Waals surface area contributed by atoms with Gasteiger partial charge in [-0.15, -0.1) is 5.10 Å². The molecule has 0 N–H and O–H groups in total. The van der Waals surface area contributed by atoms with Crippen LogP contribution in [0.3, 0.4) is 0 Å². The summed E-state index contributed by atoms with van der Waals surface area (Å²) >= 11 is 0. The molecule has 0 aliphatic rings. The van der Waals surface area contributed by atoms with Crippen molar-refractivity contribution in [3.63, 3.8) is 0 Å². The van der Waals surface area contributed by atoms with Gasteiger partial charge in [-0.2, -0.15) is 0 Å². The maximum atomic E-state index is 12.2. The van der Waals surface area contributed by atoms with Gasteiger partial charge in [0.1, 0.15) is 18.8 Å². The Morgan fingerprint density at radius 1 is 1.12 bits per heavy atom. The van der Waals surface area contributed by atoms with Crippen molar-refractivity contribution >= 4 is 17.0 Å². The number of tetrazole rings is 1. The standard InChI is InChI=1S/C18H16N6O2/c1-13-20-16-4-2-3-5-17(16)23(13)10-11-26-18(25)14-6-8-15(9-7-14)24-12-19-21-22-24/h2-9,12H,10-11H2,1H3. The predicted molar refractivity (Wildman–Crippen MR) is 93.9 cm³/mol. The molecule has 0 aliphatic heterocycles. The van der Waals surface area contributed by atoms with Crippen LogP contribution in [0.4, 0.5) is 0 Å². The maximum Gasteiger partial charge on any atom is 0.338 e. The molecule has 0 spiro atoms. The molecule has 0 saturated heterocycles. The van der Waals surface area contributed by atoms with Crippen molar-refractivity contribution in [1.29, 1.82) is 0 Å². The highest BCUT2D eigenvalue weighted by Gasteiger charge is 2.10. The average Bonchev–Trinajstić information content (AvgIpc) is 3.30. The van der Waals surface area contributed by atoms with Crippen LogP contribution in [-0.2, 0) is 11.3 Å². The summed E-state index contributed by atoms with van der Waals surface area (Å²) in [5.74, 6) is 0.531. The fraction of sp³-hybridized carbons (Fsp3) is 0.167. The van der Waals surface area contributed by atoms with E-state index in [1.165, 1.54) is 11.0 Å². The van der Waals surface area contributed by atoms with Gasteiger partial charge in [-0.25, -0.2) is 14.5 Å². The SMILES string of the molecule is Cc1nc2ccccc2n1CCOC(=O)c1ccc(-n2cnnn2)cc1. The first-order chi connectivity index (χ1) is 12.7. The number of carbonyl (C=O) groups excluding carboxylic acids is 1. The van der Waals surface area contributed by atoms with Crippen molar-refractivity contribution in [3.8, 4) is 5.69 Å². The van der Waals surface area contributed by atoms with E-state index in [1.54, 1.807) is 24.3 Å². The van der Waals surface area contributed by atoms with Crippen molar-refractivity contribution < 1.29 is 9.53 Å². The van der Waals surface area contributed by atoms with Gasteiger partial charge >= 0.3 is 5.97 Å². The summed E-state index contributed by atoms with van der Waals surface area (Å²) in [5.41, 5.74) is 3.22. The van der Waals surface area contributed by atoms with E-state index in [-0.39, 0.29) is 12.6 Å². The Morgan fingerprint density at radius 3 is 2.69 bits per heavy atom. The summed E-state index contributed by atoms with van der Waals surface area (Å²) in [6, 6.07) is 14.8. The largest absolute Gasteiger partial charge is 0.460 e. The molecule has 0 bridgehead atoms. The molecule has 0 radical (unpaired) electrons. The summed E-state index contributed by atoms with van der Waals surface area (Å²) in [4.78, 5) is 16.7. The first-order valence-electron chi connectivity index (χ1n) is 8.15. The number of aryl methyl sites for hydroxylation is 1. The van der Waals surface area contributed by atoms with Crippen LogP contribution < -0.4 is 0 Å². The Bertz CT molecular complexity index is 1040. The minimum atomic E-state index is -0.365. The molecule has 0 aliphatic carbocycles. The fourth-order valence-electron chi connectivity index (χ4n) is 2.82. The van der Waals surface area contributed by atoms with E-state index >= 15 is 0 Å². The zero-order chi connectivity index (χ0) is 17.9. The Balaban J connectivity index is 1.40. The van der Waals surface area contributed by atoms with Crippen molar-refractivity contribution in [2.24, 2.45) is 0 Å². The summed E-state index contributed by atoms with van der Waals surface area (Å²) < 4.78 is 8.96. The molecule has 2 heterocycles. The second kappa shape index (κ2) is 6.75. The molecule has 8 nitrogen and oxygen atoms in total. The van der Waals surface area contributed by atoms with E-state index < -0.39 is 0 Å². The van der Waals surface area contributed by atoms with Gasteiger partial charge in [0.25, 0.3) is 0 Å². The van der Waals surface area contributed by atoms with E-state index in [0.29, 0.717) is 12.1 Å². The van der Waals surface area contributed by atoms with Crippen LogP contribution in [0.25, 0.3) is 16.7 Å². The number of esters is 1. The average molecular weight is 348 g/mol. The van der Waals surface area contributed by atoms with Crippen LogP contribution in [0, 0.1) is 6.92 Å². The van der Waals surface area contributed by atoms with Crippen LogP contribution in [0.1, 0.15) is 16.2 Å². The summed E-state index contributed by atoms with van der Waals surface area (Å²) in [6.07, 6.45) is 1.49. The van der Waals surface area contributed by atoms with Gasteiger partial charge in [0, 0.05) is 0 Å². The predicted octanol–water partition coefficient (Wildman–Crippen LogP) is 2.18. The third kappa shape index (κ3) is 3.04. The highest BCUT2D eigenvalue weighted by Crippen LogP contribution is 2.15. The summed E-state index contributed by atoms with van der Waals surface area (Å²) in [5, 5.41) is 11.0. The molecule has 4 rings (SSSR count). The van der Waals surface area contributed by atoms with Crippen molar-refractivity contribution in [3.05, 3.63) is 66.2 Å². The van der Waals surface area contributed by atoms with Crippen LogP contribution in [0.2, 0.25) is 0 Å². The Morgan fingerprint density at radius 2 is 1.92 bits per heavy atom. The molecule has 8 heteroatoms. The minimum Gasteiger partial charge on any atom is -0.460 e. The molecule has 4 aromatic rings. The number of hydrogen-bond acceptors (Lipinski definition) is 6. The fourth-order valence-corrected chi connectivity index (χ4v) is 2.82. The number of rotatable bonds is 5. The zero-order valence-corrected chi connectivity index (χ0v) is 14.1. The van der Waals surface area contributed by atoms with Crippen molar-refractivity contribution in [1.82, 2.24) is 29.8 Å². The van der Waals surface area contributed by atoms with Crippen molar-refractivity contribution in [2.45, 2.75) is 13.5 Å². The number of fused-ring (bicyclic) bond motifs is 1. The Hall–Kier alpha value is -3.55. The topological polar surface area (TPSA) is 87.7 Å². The first-order valence-corrected chi connectivity index (χ1v) is 8.15. The van der Waals surface area contributed by atoms with E-state index in [9.17, 15) is 4.79 Å². The molecule has 0 amide bonds. The van der Waals surface area contributed by atoms with Gasteiger partial charge in [0.15, 0.2) is 0 Å². The van der Waals surface area contributed by atoms with Gasteiger partial charge in [-0.05, 0) is 53.7 Å². The number of imidazole rings is 1. The van der Waals surface area contributed by atoms with Crippen LogP contribution in [0.5, 0.6) is 0 Å². The van der Waals surface area contributed by atoms with Crippen molar-refractivity contribution in [2.75, 3.05) is 6.61 Å². The smallest absolute Gasteiger partial charge is 0.338 e. The first kappa shape index (κ1) is 15.9. The molecular formula is C18H16N6O2. The number of hydrogen-bond donors (Lipinski definition) is 0. The van der Waals surface area contributed by atoms with Gasteiger partial charge in [-0.3, -0.25) is 0 Å². The summed E-state index contributed by atoms with van der Waals surface area (Å²) in [7, 11) is 0. The second-order valence-electron chi connectivity index (χ2n) is 5.74. The van der Waals surface area contributed by atoms with Crippen LogP contribution in [0.15, 0.2) is 54.9 Å². The molecule has 0 fully saturated rings. The van der Waals surface area contributed by atoms with Crippen LogP contribution in [-0.4, -0.2) is 42.3 Å². The molecular weight excluding hydrogens is 332 g/mol. The lowest BCUT2D eigenvalue weighted by Gasteiger charge is -2.08. The highest BCUT2D eigenvalue weighted by atomic mass is 16.5. The lowest BCUT2D eigenvalue weighted by Crippen LogP contribution is -2.12. The molecule has 0 atom stereocenters. The number of benzene rings is 2. The number of carbonyl (C=O) groups is 1. The molecule has 26 heavy (non-hydrogen) atoms. The van der Waals surface area contributed by atoms with E-state index in [1.807, 2.05) is 35.8 Å². The monoisotopic (exact) mass is 348 g/mol. The normalized spacial score (nSPS) is 11.0. The number of nitrogens with zero attached hydrogens (tertiary/aromatic N) is 6. The quantitative estimate of drug-likeness (QED) is 0.514. The minimum absolute atomic E-state index is 0.273. The molecule has 0 unspecified atom stereocenters. The molecule has 2 aromatic heterocycles. The summed E-state index contributed by atoms with van der Waals surface area (Å²) in [6.45, 7) is 2.77. The Labute approximate surface area is 149 Å². The van der Waals surface area contributed by atoms with E-state index in [4.69, 9.17) is 4.74 Å². The third-order valence-electron chi connectivity index (χ3n) is 4.11. The third-order valence-corrected chi connectivity index (χ3v) is 4.11. The lowest BCUT2D eigenvalue weighted by atomic mass is 10.2. The van der Waals surface area contributed by atoms with Gasteiger partial charge in [0.2, 0.25) is 0 Å². The van der Waals surface area contributed by atoms with Crippen LogP contribution >= 0.6 is 0 Å². The number of para-hydroxylation sites is 2. The van der Waals surface area contributed by atoms with Gasteiger partial charge in [0.05, 0.1) is 28.8 Å². The molecule has 0 saturated carbocycles. The van der Waals surface area contributed by atoms with E-state index in [2.05, 4.69) is 20.5 Å². The second-order valence-corrected chi connectivity index (χ2v) is 5.74.